The Morgan fingerprint density at radius 2 is 2.00 bits per heavy atom. The van der Waals surface area contributed by atoms with Crippen LogP contribution in [0.4, 0.5) is 0 Å². The molecule has 4 atom stereocenters. The highest BCUT2D eigenvalue weighted by Gasteiger charge is 2.72. The summed E-state index contributed by atoms with van der Waals surface area (Å²) in [6.07, 6.45) is 4.47. The summed E-state index contributed by atoms with van der Waals surface area (Å²) < 4.78 is 6.59. The number of aromatic nitrogens is 1. The number of piperidine rings is 1. The summed E-state index contributed by atoms with van der Waals surface area (Å²) in [6.45, 7) is 2.04. The highest BCUT2D eigenvalue weighted by Crippen LogP contribution is 2.68. The number of aromatic hydroxyl groups is 1. The monoisotopic (exact) mass is 426 g/mol. The van der Waals surface area contributed by atoms with Gasteiger partial charge in [0.15, 0.2) is 17.6 Å². The molecule has 2 fully saturated rings. The Bertz CT molecular complexity index is 1320. The Kier molecular flexibility index (Phi) is 3.15. The van der Waals surface area contributed by atoms with Crippen molar-refractivity contribution in [3.8, 4) is 11.5 Å². The van der Waals surface area contributed by atoms with Gasteiger partial charge in [0.1, 0.15) is 0 Å². The van der Waals surface area contributed by atoms with E-state index in [1.54, 1.807) is 6.07 Å². The summed E-state index contributed by atoms with van der Waals surface area (Å²) in [7, 11) is 0. The summed E-state index contributed by atoms with van der Waals surface area (Å²) in [5.41, 5.74) is 3.76. The lowest BCUT2D eigenvalue weighted by atomic mass is 9.49. The summed E-state index contributed by atoms with van der Waals surface area (Å²) in [5, 5.41) is 24.5. The van der Waals surface area contributed by atoms with Crippen molar-refractivity contribution in [1.82, 2.24) is 9.88 Å². The van der Waals surface area contributed by atoms with E-state index in [4.69, 9.17) is 9.72 Å². The number of nitrogens with zero attached hydrogens (tertiary/aromatic N) is 2. The second-order valence-electron chi connectivity index (χ2n) is 10.7. The van der Waals surface area contributed by atoms with E-state index in [0.717, 1.165) is 59.6 Å². The van der Waals surface area contributed by atoms with Crippen LogP contribution >= 0.6 is 0 Å². The zero-order valence-electron chi connectivity index (χ0n) is 17.9. The van der Waals surface area contributed by atoms with Gasteiger partial charge in [-0.2, -0.15) is 0 Å². The van der Waals surface area contributed by atoms with Gasteiger partial charge in [0.25, 0.3) is 0 Å². The molecule has 1 aromatic heterocycles. The predicted octanol–water partition coefficient (Wildman–Crippen LogP) is 3.64. The van der Waals surface area contributed by atoms with Gasteiger partial charge in [-0.05, 0) is 67.5 Å². The van der Waals surface area contributed by atoms with Crippen LogP contribution in [0, 0.1) is 5.92 Å². The molecule has 3 aromatic rings. The van der Waals surface area contributed by atoms with E-state index in [-0.39, 0.29) is 17.9 Å². The number of ether oxygens (including phenoxy) is 1. The number of benzene rings is 2. The molecule has 2 N–H and O–H groups in total. The van der Waals surface area contributed by atoms with Crippen LogP contribution in [-0.2, 0) is 18.3 Å². The molecule has 3 aliphatic carbocycles. The minimum atomic E-state index is -0.937. The summed E-state index contributed by atoms with van der Waals surface area (Å²) in [5.74, 6) is 1.53. The molecule has 1 saturated carbocycles. The van der Waals surface area contributed by atoms with Crippen molar-refractivity contribution in [2.45, 2.75) is 55.3 Å². The molecule has 32 heavy (non-hydrogen) atoms. The van der Waals surface area contributed by atoms with Gasteiger partial charge in [-0.25, -0.2) is 4.98 Å². The van der Waals surface area contributed by atoms with Crippen molar-refractivity contribution in [2.75, 3.05) is 13.1 Å². The second-order valence-corrected chi connectivity index (χ2v) is 10.7. The van der Waals surface area contributed by atoms with Gasteiger partial charge in [0.2, 0.25) is 0 Å². The van der Waals surface area contributed by atoms with Crippen molar-refractivity contribution in [2.24, 2.45) is 5.92 Å². The van der Waals surface area contributed by atoms with Crippen LogP contribution in [-0.4, -0.2) is 44.8 Å². The molecule has 2 bridgehead atoms. The number of fused-ring (bicyclic) bond motifs is 3. The highest BCUT2D eigenvalue weighted by molar-refractivity contribution is 5.80. The van der Waals surface area contributed by atoms with Crippen LogP contribution in [0.25, 0.3) is 10.9 Å². The lowest BCUT2D eigenvalue weighted by molar-refractivity contribution is -0.173. The third kappa shape index (κ3) is 1.97. The topological polar surface area (TPSA) is 65.8 Å². The zero-order chi connectivity index (χ0) is 21.2. The standard InChI is InChI=1S/C27H26N2O3/c30-20-8-7-17-12-21-27(31)13-18-11-16-3-1-2-4-19(16)28-23(18)25-26(27,22(17)24(20)32-25)9-10-29(21)14-15-5-6-15/h1-4,7-8,11,15,21,25,30-31H,5-6,9-10,12-14H2/t21-,25+,26?,27-/m1/s1. The molecule has 1 saturated heterocycles. The van der Waals surface area contributed by atoms with Crippen molar-refractivity contribution in [3.05, 3.63) is 64.8 Å². The van der Waals surface area contributed by atoms with E-state index in [0.29, 0.717) is 12.2 Å². The number of hydrogen-bond acceptors (Lipinski definition) is 5. The van der Waals surface area contributed by atoms with E-state index in [2.05, 4.69) is 23.1 Å². The van der Waals surface area contributed by atoms with Crippen LogP contribution in [0.2, 0.25) is 0 Å². The summed E-state index contributed by atoms with van der Waals surface area (Å²) >= 11 is 0. The number of rotatable bonds is 2. The molecule has 1 spiro atoms. The zero-order valence-corrected chi connectivity index (χ0v) is 17.9. The smallest absolute Gasteiger partial charge is 0.166 e. The fraction of sp³-hybridized carbons (Fsp3) is 0.444. The van der Waals surface area contributed by atoms with Gasteiger partial charge >= 0.3 is 0 Å². The van der Waals surface area contributed by atoms with Gasteiger partial charge < -0.3 is 14.9 Å². The maximum Gasteiger partial charge on any atom is 0.166 e. The fourth-order valence-electron chi connectivity index (χ4n) is 7.49. The molecule has 2 aliphatic heterocycles. The van der Waals surface area contributed by atoms with Crippen LogP contribution in [0.3, 0.4) is 0 Å². The Morgan fingerprint density at radius 3 is 2.88 bits per heavy atom. The highest BCUT2D eigenvalue weighted by atomic mass is 16.5. The van der Waals surface area contributed by atoms with E-state index >= 15 is 0 Å². The molecule has 0 radical (unpaired) electrons. The predicted molar refractivity (Wildman–Crippen MR) is 120 cm³/mol. The molecular formula is C27H26N2O3. The molecule has 1 unspecified atom stereocenters. The number of likely N-dealkylation sites (tertiary alicyclic amines) is 1. The largest absolute Gasteiger partial charge is 0.504 e. The van der Waals surface area contributed by atoms with Gasteiger partial charge in [0, 0.05) is 30.0 Å². The van der Waals surface area contributed by atoms with E-state index < -0.39 is 11.0 Å². The quantitative estimate of drug-likeness (QED) is 0.655. The van der Waals surface area contributed by atoms with Gasteiger partial charge in [-0.3, -0.25) is 4.90 Å². The average molecular weight is 427 g/mol. The average Bonchev–Trinajstić information content (AvgIpc) is 3.53. The van der Waals surface area contributed by atoms with Crippen molar-refractivity contribution in [3.63, 3.8) is 0 Å². The number of phenolic OH excluding ortho intramolecular Hbond substituents is 1. The molecular weight excluding hydrogens is 400 g/mol. The minimum absolute atomic E-state index is 0.0607. The lowest BCUT2D eigenvalue weighted by Crippen LogP contribution is -2.74. The second kappa shape index (κ2) is 5.64. The molecule has 5 aliphatic rings. The molecule has 8 rings (SSSR count). The fourth-order valence-corrected chi connectivity index (χ4v) is 7.49. The molecule has 162 valence electrons. The van der Waals surface area contributed by atoms with Crippen LogP contribution in [0.5, 0.6) is 11.5 Å². The minimum Gasteiger partial charge on any atom is -0.504 e. The first-order chi connectivity index (χ1) is 15.6. The molecule has 5 nitrogen and oxygen atoms in total. The Labute approximate surface area is 186 Å². The van der Waals surface area contributed by atoms with Crippen LogP contribution < -0.4 is 4.74 Å². The first kappa shape index (κ1) is 17.9. The summed E-state index contributed by atoms with van der Waals surface area (Å²) in [4.78, 5) is 7.64. The first-order valence-electron chi connectivity index (χ1n) is 12.0. The first-order valence-corrected chi connectivity index (χ1v) is 12.0. The van der Waals surface area contributed by atoms with Crippen molar-refractivity contribution >= 4 is 10.9 Å². The third-order valence-electron chi connectivity index (χ3n) is 9.06. The third-order valence-corrected chi connectivity index (χ3v) is 9.06. The van der Waals surface area contributed by atoms with Gasteiger partial charge in [0.05, 0.1) is 22.2 Å². The summed E-state index contributed by atoms with van der Waals surface area (Å²) in [6, 6.07) is 14.3. The number of pyridine rings is 1. The number of phenols is 1. The van der Waals surface area contributed by atoms with E-state index in [1.807, 2.05) is 18.2 Å². The number of hydrogen-bond donors (Lipinski definition) is 2. The molecule has 0 amide bonds. The maximum atomic E-state index is 12.7. The van der Waals surface area contributed by atoms with Crippen molar-refractivity contribution < 1.29 is 14.9 Å². The van der Waals surface area contributed by atoms with Crippen LogP contribution in [0.15, 0.2) is 42.5 Å². The molecule has 2 aromatic carbocycles. The Balaban J connectivity index is 1.41. The number of aliphatic hydroxyl groups is 1. The molecule has 3 heterocycles. The SMILES string of the molecule is Oc1ccc2c3c1O[C@H]1c4nc5ccccc5cc4C[C@@]4(O)[C@@H](C2)N(CC2CC2)CCC314. The van der Waals surface area contributed by atoms with Gasteiger partial charge in [-0.15, -0.1) is 0 Å². The van der Waals surface area contributed by atoms with E-state index in [1.165, 1.54) is 18.4 Å². The Hall–Kier alpha value is -2.63. The Morgan fingerprint density at radius 1 is 1.12 bits per heavy atom. The van der Waals surface area contributed by atoms with Crippen LogP contribution in [0.1, 0.15) is 47.8 Å². The lowest BCUT2D eigenvalue weighted by Gasteiger charge is -2.63. The maximum absolute atomic E-state index is 12.7. The van der Waals surface area contributed by atoms with E-state index in [9.17, 15) is 10.2 Å². The van der Waals surface area contributed by atoms with Crippen molar-refractivity contribution in [1.29, 1.82) is 0 Å². The number of para-hydroxylation sites is 1. The van der Waals surface area contributed by atoms with Gasteiger partial charge in [-0.1, -0.05) is 24.3 Å². The normalized spacial score (nSPS) is 34.2. The molecule has 5 heteroatoms.